The van der Waals surface area contributed by atoms with Crippen LogP contribution < -0.4 is 20.8 Å². The number of hydrogen-bond donors (Lipinski definition) is 0. The van der Waals surface area contributed by atoms with Crippen molar-refractivity contribution in [3.8, 4) is 5.69 Å². The highest BCUT2D eigenvalue weighted by atomic mass is 28.4. The molecule has 0 saturated carbocycles. The molecule has 0 radical (unpaired) electrons. The average Bonchev–Trinajstić information content (AvgIpc) is 3.63. The molecule has 0 spiro atoms. The van der Waals surface area contributed by atoms with Crippen LogP contribution in [0.2, 0.25) is 5.04 Å². The van der Waals surface area contributed by atoms with Gasteiger partial charge in [-0.3, -0.25) is 28.8 Å². The van der Waals surface area contributed by atoms with E-state index in [2.05, 4.69) is 69.3 Å². The van der Waals surface area contributed by atoms with Crippen molar-refractivity contribution in [2.24, 2.45) is 0 Å². The van der Waals surface area contributed by atoms with Crippen molar-refractivity contribution in [2.75, 3.05) is 24.6 Å². The number of imide groups is 1. The van der Waals surface area contributed by atoms with E-state index in [0.29, 0.717) is 35.4 Å². The third-order valence-corrected chi connectivity index (χ3v) is 15.3. The standard InChI is InChI=1S/C43H43N3O6Si/c1-29-25-32(45-27-33(52-42(45)50)28-46-40(48)36-20-12-13-21-37(36)41(46)49)26-30(2)38(29)44-23-14-15-31(39(44)47)22-24-51-53(43(3,4)5,34-16-8-6-9-17-34)35-18-10-7-11-19-35/h6-21,23,25-26,33H,22,24,27-28H2,1-5H3/t33-/m1/s1. The fourth-order valence-electron chi connectivity index (χ4n) is 7.89. The van der Waals surface area contributed by atoms with Crippen molar-refractivity contribution in [3.63, 3.8) is 0 Å². The number of anilines is 1. The number of rotatable bonds is 10. The first-order valence-electron chi connectivity index (χ1n) is 17.9. The van der Waals surface area contributed by atoms with Crippen LogP contribution in [0.15, 0.2) is 120 Å². The molecule has 1 saturated heterocycles. The summed E-state index contributed by atoms with van der Waals surface area (Å²) in [6.07, 6.45) is 0.967. The molecule has 270 valence electrons. The van der Waals surface area contributed by atoms with Gasteiger partial charge in [-0.2, -0.15) is 0 Å². The Hall–Kier alpha value is -5.58. The lowest BCUT2D eigenvalue weighted by Crippen LogP contribution is -2.66. The quantitative estimate of drug-likeness (QED) is 0.126. The Morgan fingerprint density at radius 3 is 1.85 bits per heavy atom. The van der Waals surface area contributed by atoms with Gasteiger partial charge >= 0.3 is 6.09 Å². The van der Waals surface area contributed by atoms with E-state index in [0.717, 1.165) is 21.7 Å². The van der Waals surface area contributed by atoms with Crippen LogP contribution in [-0.4, -0.2) is 61.5 Å². The Morgan fingerprint density at radius 2 is 1.30 bits per heavy atom. The number of nitrogens with zero attached hydrogens (tertiary/aromatic N) is 3. The van der Waals surface area contributed by atoms with Crippen molar-refractivity contribution in [1.82, 2.24) is 9.47 Å². The predicted molar refractivity (Wildman–Crippen MR) is 208 cm³/mol. The Bertz CT molecular complexity index is 2170. The summed E-state index contributed by atoms with van der Waals surface area (Å²) < 4.78 is 14.4. The molecule has 10 heteroatoms. The summed E-state index contributed by atoms with van der Waals surface area (Å²) >= 11 is 0. The fraction of sp³-hybridized carbons (Fsp3) is 0.256. The van der Waals surface area contributed by atoms with E-state index in [1.54, 1.807) is 35.0 Å². The molecule has 1 atom stereocenters. The highest BCUT2D eigenvalue weighted by Crippen LogP contribution is 2.37. The summed E-state index contributed by atoms with van der Waals surface area (Å²) in [4.78, 5) is 55.6. The lowest BCUT2D eigenvalue weighted by Gasteiger charge is -2.43. The van der Waals surface area contributed by atoms with Gasteiger partial charge in [0.2, 0.25) is 0 Å². The minimum absolute atomic E-state index is 0.0351. The summed E-state index contributed by atoms with van der Waals surface area (Å²) in [5, 5.41) is 2.19. The molecule has 9 nitrogen and oxygen atoms in total. The van der Waals surface area contributed by atoms with E-state index in [9.17, 15) is 19.2 Å². The second-order valence-corrected chi connectivity index (χ2v) is 19.1. The maximum absolute atomic E-state index is 14.1. The van der Waals surface area contributed by atoms with E-state index in [1.807, 2.05) is 50.2 Å². The van der Waals surface area contributed by atoms with Crippen LogP contribution in [0.1, 0.15) is 58.2 Å². The van der Waals surface area contributed by atoms with Crippen molar-refractivity contribution in [3.05, 3.63) is 154 Å². The summed E-state index contributed by atoms with van der Waals surface area (Å²) in [6, 6.07) is 35.1. The molecule has 4 aromatic carbocycles. The molecule has 0 N–H and O–H groups in total. The summed E-state index contributed by atoms with van der Waals surface area (Å²) in [5.74, 6) is -0.781. The van der Waals surface area contributed by atoms with Gasteiger partial charge in [-0.15, -0.1) is 0 Å². The van der Waals surface area contributed by atoms with E-state index in [4.69, 9.17) is 9.16 Å². The number of fused-ring (bicyclic) bond motifs is 1. The van der Waals surface area contributed by atoms with Crippen LogP contribution in [0.5, 0.6) is 0 Å². The lowest BCUT2D eigenvalue weighted by atomic mass is 10.1. The number of aryl methyl sites for hydroxylation is 2. The SMILES string of the molecule is Cc1cc(N2C[C@H](CN3C(=O)c4ccccc4C3=O)OC2=O)cc(C)c1-n1cccc(CCO[Si](c2ccccc2)(c2ccccc2)C(C)(C)C)c1=O. The van der Waals surface area contributed by atoms with Crippen molar-refractivity contribution in [2.45, 2.75) is 52.2 Å². The average molecular weight is 726 g/mol. The third-order valence-electron chi connectivity index (χ3n) is 10.3. The zero-order chi connectivity index (χ0) is 37.5. The Balaban J connectivity index is 1.10. The molecule has 0 unspecified atom stereocenters. The van der Waals surface area contributed by atoms with E-state index in [1.165, 1.54) is 15.3 Å². The van der Waals surface area contributed by atoms with Crippen LogP contribution in [0, 0.1) is 13.8 Å². The molecule has 2 aliphatic heterocycles. The summed E-state index contributed by atoms with van der Waals surface area (Å²) in [5.41, 5.74) is 4.19. The van der Waals surface area contributed by atoms with Crippen LogP contribution in [0.3, 0.4) is 0 Å². The molecule has 53 heavy (non-hydrogen) atoms. The van der Waals surface area contributed by atoms with Gasteiger partial charge in [-0.25, -0.2) is 4.79 Å². The van der Waals surface area contributed by atoms with Crippen LogP contribution in [0.25, 0.3) is 5.69 Å². The molecule has 2 aliphatic rings. The van der Waals surface area contributed by atoms with Crippen LogP contribution >= 0.6 is 0 Å². The second-order valence-electron chi connectivity index (χ2n) is 14.8. The van der Waals surface area contributed by atoms with E-state index in [-0.39, 0.29) is 23.7 Å². The molecular weight excluding hydrogens is 683 g/mol. The van der Waals surface area contributed by atoms with Crippen molar-refractivity contribution in [1.29, 1.82) is 0 Å². The van der Waals surface area contributed by atoms with Gasteiger partial charge in [0.1, 0.15) is 6.10 Å². The number of carbonyl (C=O) groups excluding carboxylic acids is 3. The van der Waals surface area contributed by atoms with Gasteiger partial charge in [-0.05, 0) is 77.1 Å². The highest BCUT2D eigenvalue weighted by Gasteiger charge is 2.50. The number of ether oxygens (including phenoxy) is 1. The van der Waals surface area contributed by atoms with Crippen molar-refractivity contribution >= 4 is 42.3 Å². The topological polar surface area (TPSA) is 98.2 Å². The summed E-state index contributed by atoms with van der Waals surface area (Å²) in [6.45, 7) is 11.0. The molecule has 1 aromatic heterocycles. The molecule has 0 aliphatic carbocycles. The molecule has 0 bridgehead atoms. The number of pyridine rings is 1. The monoisotopic (exact) mass is 725 g/mol. The maximum atomic E-state index is 14.1. The van der Waals surface area contributed by atoms with Gasteiger partial charge in [0.25, 0.3) is 25.7 Å². The van der Waals surface area contributed by atoms with Gasteiger partial charge in [0.15, 0.2) is 0 Å². The molecular formula is C43H43N3O6Si. The largest absolute Gasteiger partial charge is 0.442 e. The molecule has 1 fully saturated rings. The van der Waals surface area contributed by atoms with Gasteiger partial charge in [0, 0.05) is 24.1 Å². The maximum Gasteiger partial charge on any atom is 0.414 e. The zero-order valence-corrected chi connectivity index (χ0v) is 31.7. The summed E-state index contributed by atoms with van der Waals surface area (Å²) in [7, 11) is -2.77. The van der Waals surface area contributed by atoms with Crippen molar-refractivity contribution < 1.29 is 23.5 Å². The van der Waals surface area contributed by atoms with Gasteiger partial charge in [0.05, 0.1) is 29.9 Å². The number of benzene rings is 4. The lowest BCUT2D eigenvalue weighted by molar-refractivity contribution is 0.0558. The first-order valence-corrected chi connectivity index (χ1v) is 19.8. The smallest absolute Gasteiger partial charge is 0.414 e. The Morgan fingerprint density at radius 1 is 0.755 bits per heavy atom. The third kappa shape index (κ3) is 6.42. The Kier molecular flexibility index (Phi) is 9.52. The number of carbonyl (C=O) groups is 3. The minimum Gasteiger partial charge on any atom is -0.442 e. The predicted octanol–water partition coefficient (Wildman–Crippen LogP) is 6.19. The highest BCUT2D eigenvalue weighted by molar-refractivity contribution is 6.99. The normalized spacial score (nSPS) is 15.9. The van der Waals surface area contributed by atoms with Gasteiger partial charge < -0.3 is 9.16 Å². The first kappa shape index (κ1) is 35.8. The van der Waals surface area contributed by atoms with Gasteiger partial charge in [-0.1, -0.05) is 99.6 Å². The number of hydrogen-bond acceptors (Lipinski definition) is 6. The fourth-order valence-corrected chi connectivity index (χ4v) is 12.4. The first-order chi connectivity index (χ1) is 25.4. The second kappa shape index (κ2) is 14.1. The molecule has 3 heterocycles. The molecule has 5 aromatic rings. The van der Waals surface area contributed by atoms with E-state index < -0.39 is 32.3 Å². The number of aromatic nitrogens is 1. The molecule has 7 rings (SSSR count). The van der Waals surface area contributed by atoms with E-state index >= 15 is 0 Å². The molecule has 3 amide bonds. The zero-order valence-electron chi connectivity index (χ0n) is 30.7. The van der Waals surface area contributed by atoms with Crippen LogP contribution in [-0.2, 0) is 15.6 Å². The number of cyclic esters (lactones) is 1. The van der Waals surface area contributed by atoms with Crippen LogP contribution in [0.4, 0.5) is 10.5 Å². The number of amides is 3. The minimum atomic E-state index is -2.77. The Labute approximate surface area is 310 Å².